The minimum atomic E-state index is -0.338. The number of fused-ring (bicyclic) bond motifs is 2. The number of carbonyl (C=O) groups excluding carboxylic acids is 2. The molecule has 0 saturated heterocycles. The van der Waals surface area contributed by atoms with Crippen LogP contribution in [0.4, 0.5) is 0 Å². The molecule has 4 heteroatoms. The Morgan fingerprint density at radius 3 is 2.35 bits per heavy atom. The van der Waals surface area contributed by atoms with Gasteiger partial charge in [-0.3, -0.25) is 9.78 Å². The van der Waals surface area contributed by atoms with E-state index >= 15 is 0 Å². The number of nitrogens with zero attached hydrogens (tertiary/aromatic N) is 1. The first kappa shape index (κ1) is 19.5. The Hall–Kier alpha value is -2.23. The summed E-state index contributed by atoms with van der Waals surface area (Å²) in [5, 5.41) is 0.857. The van der Waals surface area contributed by atoms with Crippen LogP contribution in [0.15, 0.2) is 24.3 Å². The quantitative estimate of drug-likeness (QED) is 0.491. The summed E-state index contributed by atoms with van der Waals surface area (Å²) in [6.07, 6.45) is 12.1. The molecule has 5 aliphatic rings. The van der Waals surface area contributed by atoms with Gasteiger partial charge in [-0.1, -0.05) is 24.6 Å². The van der Waals surface area contributed by atoms with Gasteiger partial charge >= 0.3 is 5.97 Å². The average Bonchev–Trinajstić information content (AvgIpc) is 2.99. The Morgan fingerprint density at radius 1 is 0.935 bits per heavy atom. The summed E-state index contributed by atoms with van der Waals surface area (Å²) in [5.74, 6) is 1.97. The van der Waals surface area contributed by atoms with E-state index in [1.54, 1.807) is 0 Å². The highest BCUT2D eigenvalue weighted by molar-refractivity contribution is 6.05. The second-order valence-corrected chi connectivity index (χ2v) is 10.7. The molecule has 162 valence electrons. The lowest BCUT2D eigenvalue weighted by atomic mass is 9.48. The maximum Gasteiger partial charge on any atom is 0.339 e. The van der Waals surface area contributed by atoms with Gasteiger partial charge in [0.1, 0.15) is 0 Å². The smallest absolute Gasteiger partial charge is 0.339 e. The molecule has 1 aromatic carbocycles. The number of aromatic nitrogens is 1. The van der Waals surface area contributed by atoms with Gasteiger partial charge in [-0.2, -0.15) is 0 Å². The minimum absolute atomic E-state index is 0.0730. The topological polar surface area (TPSA) is 56.3 Å². The third-order valence-electron chi connectivity index (χ3n) is 8.59. The summed E-state index contributed by atoms with van der Waals surface area (Å²) in [4.78, 5) is 31.6. The van der Waals surface area contributed by atoms with Crippen LogP contribution in [0.5, 0.6) is 0 Å². The van der Waals surface area contributed by atoms with Crippen LogP contribution in [0.2, 0.25) is 0 Å². The number of hydrogen-bond acceptors (Lipinski definition) is 4. The molecule has 0 radical (unpaired) electrons. The van der Waals surface area contributed by atoms with Crippen LogP contribution in [0.3, 0.4) is 0 Å². The highest BCUT2D eigenvalue weighted by atomic mass is 16.5. The monoisotopic (exact) mass is 417 g/mol. The van der Waals surface area contributed by atoms with Crippen molar-refractivity contribution in [2.75, 3.05) is 6.61 Å². The van der Waals surface area contributed by atoms with Crippen molar-refractivity contribution >= 4 is 22.7 Å². The van der Waals surface area contributed by atoms with E-state index in [2.05, 4.69) is 0 Å². The molecule has 0 amide bonds. The van der Waals surface area contributed by atoms with Crippen LogP contribution >= 0.6 is 0 Å². The van der Waals surface area contributed by atoms with Crippen molar-refractivity contribution in [2.24, 2.45) is 23.2 Å². The largest absolute Gasteiger partial charge is 0.454 e. The molecule has 0 unspecified atom stereocenters. The van der Waals surface area contributed by atoms with Gasteiger partial charge in [0.25, 0.3) is 0 Å². The number of para-hydroxylation sites is 1. The van der Waals surface area contributed by atoms with Crippen LogP contribution in [-0.2, 0) is 22.4 Å². The normalized spacial score (nSPS) is 31.3. The fourth-order valence-electron chi connectivity index (χ4n) is 7.59. The van der Waals surface area contributed by atoms with E-state index in [1.807, 2.05) is 24.3 Å². The van der Waals surface area contributed by atoms with E-state index in [4.69, 9.17) is 9.72 Å². The van der Waals surface area contributed by atoms with Gasteiger partial charge in [0.15, 0.2) is 12.4 Å². The zero-order valence-corrected chi connectivity index (χ0v) is 18.2. The van der Waals surface area contributed by atoms with Gasteiger partial charge in [0.05, 0.1) is 11.1 Å². The standard InChI is InChI=1S/C27H31NO3/c29-24(27-13-17-10-18(14-27)12-19(11-17)15-27)16-31-26(30)25-20-6-2-1-3-8-22(20)28-23-9-5-4-7-21(23)25/h4-5,7,9,17-19H,1-3,6,8,10-16H2. The van der Waals surface area contributed by atoms with Crippen molar-refractivity contribution < 1.29 is 14.3 Å². The average molecular weight is 418 g/mol. The first-order valence-corrected chi connectivity index (χ1v) is 12.2. The number of esters is 1. The van der Waals surface area contributed by atoms with Gasteiger partial charge in [-0.15, -0.1) is 0 Å². The Morgan fingerprint density at radius 2 is 1.61 bits per heavy atom. The predicted molar refractivity (Wildman–Crippen MR) is 119 cm³/mol. The van der Waals surface area contributed by atoms with Gasteiger partial charge in [0.2, 0.25) is 0 Å². The van der Waals surface area contributed by atoms with Crippen molar-refractivity contribution in [3.8, 4) is 0 Å². The van der Waals surface area contributed by atoms with Gasteiger partial charge < -0.3 is 4.74 Å². The van der Waals surface area contributed by atoms with E-state index in [9.17, 15) is 9.59 Å². The maximum absolute atomic E-state index is 13.4. The maximum atomic E-state index is 13.4. The molecular formula is C27H31NO3. The third kappa shape index (κ3) is 3.30. The lowest BCUT2D eigenvalue weighted by molar-refractivity contribution is -0.147. The molecule has 1 aromatic heterocycles. The molecule has 0 atom stereocenters. The van der Waals surface area contributed by atoms with Crippen LogP contribution in [0.1, 0.15) is 79.4 Å². The Balaban J connectivity index is 1.27. The van der Waals surface area contributed by atoms with E-state index in [1.165, 1.54) is 19.3 Å². The molecule has 5 aliphatic carbocycles. The van der Waals surface area contributed by atoms with Crippen molar-refractivity contribution in [1.82, 2.24) is 4.98 Å². The molecule has 0 spiro atoms. The Bertz CT molecular complexity index is 1020. The molecule has 4 saturated carbocycles. The summed E-state index contributed by atoms with van der Waals surface area (Å²) < 4.78 is 5.78. The van der Waals surface area contributed by atoms with E-state index in [0.29, 0.717) is 23.3 Å². The van der Waals surface area contributed by atoms with Crippen molar-refractivity contribution in [3.63, 3.8) is 0 Å². The molecule has 31 heavy (non-hydrogen) atoms. The number of carbonyl (C=O) groups is 2. The lowest BCUT2D eigenvalue weighted by Gasteiger charge is -2.55. The lowest BCUT2D eigenvalue weighted by Crippen LogP contribution is -2.51. The number of hydrogen-bond donors (Lipinski definition) is 0. The molecule has 7 rings (SSSR count). The van der Waals surface area contributed by atoms with Crippen LogP contribution in [0, 0.1) is 23.2 Å². The number of Topliss-reactive ketones (excluding diaryl/α,β-unsaturated/α-hetero) is 1. The fraction of sp³-hybridized carbons (Fsp3) is 0.593. The van der Waals surface area contributed by atoms with Crippen LogP contribution < -0.4 is 0 Å². The van der Waals surface area contributed by atoms with E-state index in [0.717, 1.165) is 73.5 Å². The summed E-state index contributed by atoms with van der Waals surface area (Å²) >= 11 is 0. The Labute approximate surface area is 183 Å². The summed E-state index contributed by atoms with van der Waals surface area (Å²) in [6, 6.07) is 7.84. The van der Waals surface area contributed by atoms with Gasteiger partial charge in [-0.05, 0) is 93.6 Å². The van der Waals surface area contributed by atoms with E-state index < -0.39 is 0 Å². The summed E-state index contributed by atoms with van der Waals surface area (Å²) in [6.45, 7) is -0.0730. The molecule has 2 aromatic rings. The zero-order valence-electron chi connectivity index (χ0n) is 18.2. The number of aryl methyl sites for hydroxylation is 1. The summed E-state index contributed by atoms with van der Waals surface area (Å²) in [5.41, 5.74) is 3.37. The van der Waals surface area contributed by atoms with Crippen LogP contribution in [-0.4, -0.2) is 23.3 Å². The molecule has 1 heterocycles. The number of rotatable bonds is 4. The van der Waals surface area contributed by atoms with Crippen molar-refractivity contribution in [1.29, 1.82) is 0 Å². The highest BCUT2D eigenvalue weighted by Gasteiger charge is 2.54. The van der Waals surface area contributed by atoms with Gasteiger partial charge in [-0.25, -0.2) is 4.79 Å². The zero-order chi connectivity index (χ0) is 21.0. The number of pyridine rings is 1. The number of benzene rings is 1. The minimum Gasteiger partial charge on any atom is -0.454 e. The predicted octanol–water partition coefficient (Wildman–Crippen LogP) is 5.45. The fourth-order valence-corrected chi connectivity index (χ4v) is 7.59. The molecule has 0 aliphatic heterocycles. The first-order chi connectivity index (χ1) is 15.1. The second-order valence-electron chi connectivity index (χ2n) is 10.7. The molecule has 4 nitrogen and oxygen atoms in total. The highest BCUT2D eigenvalue weighted by Crippen LogP contribution is 2.60. The Kier molecular flexibility index (Phi) is 4.66. The SMILES string of the molecule is O=C(OCC(=O)C12CC3CC(CC(C3)C1)C2)c1c2c(nc3ccccc13)CCCCC2. The second kappa shape index (κ2) is 7.43. The molecule has 0 N–H and O–H groups in total. The third-order valence-corrected chi connectivity index (χ3v) is 8.59. The van der Waals surface area contributed by atoms with Gasteiger partial charge in [0, 0.05) is 16.5 Å². The molecular weight excluding hydrogens is 386 g/mol. The first-order valence-electron chi connectivity index (χ1n) is 12.2. The number of ketones is 1. The molecule has 4 fully saturated rings. The molecule has 4 bridgehead atoms. The summed E-state index contributed by atoms with van der Waals surface area (Å²) in [7, 11) is 0. The van der Waals surface area contributed by atoms with Crippen molar-refractivity contribution in [3.05, 3.63) is 41.1 Å². The van der Waals surface area contributed by atoms with Crippen molar-refractivity contribution in [2.45, 2.75) is 70.6 Å². The number of ether oxygens (including phenoxy) is 1. The van der Waals surface area contributed by atoms with E-state index in [-0.39, 0.29) is 23.8 Å². The van der Waals surface area contributed by atoms with Crippen LogP contribution in [0.25, 0.3) is 10.9 Å².